The van der Waals surface area contributed by atoms with Crippen molar-refractivity contribution in [2.75, 3.05) is 25.0 Å². The number of nitrogens with zero attached hydrogens (tertiary/aromatic N) is 1. The molecule has 2 N–H and O–H groups in total. The third kappa shape index (κ3) is 4.77. The Morgan fingerprint density at radius 2 is 1.78 bits per heavy atom. The van der Waals surface area contributed by atoms with Gasteiger partial charge in [-0.1, -0.05) is 48.5 Å². The fraction of sp³-hybridized carbons (Fsp3) is 0.348. The fourth-order valence-electron chi connectivity index (χ4n) is 3.97. The minimum Gasteiger partial charge on any atom is -0.341 e. The molecular weight excluding hydrogens is 334 g/mol. The average Bonchev–Trinajstić information content (AvgIpc) is 3.10. The minimum absolute atomic E-state index is 0.0768. The number of aromatic amines is 1. The highest BCUT2D eigenvalue weighted by molar-refractivity contribution is 5.93. The summed E-state index contributed by atoms with van der Waals surface area (Å²) in [7, 11) is 0. The van der Waals surface area contributed by atoms with Crippen LogP contribution in [0.3, 0.4) is 0 Å². The van der Waals surface area contributed by atoms with E-state index in [-0.39, 0.29) is 5.91 Å². The molecule has 4 rings (SSSR count). The third-order valence-corrected chi connectivity index (χ3v) is 5.53. The van der Waals surface area contributed by atoms with E-state index in [2.05, 4.69) is 45.5 Å². The minimum atomic E-state index is 0.0768. The van der Waals surface area contributed by atoms with Crippen LogP contribution in [0.1, 0.15) is 24.8 Å². The van der Waals surface area contributed by atoms with E-state index in [0.29, 0.717) is 6.42 Å². The van der Waals surface area contributed by atoms with Crippen LogP contribution >= 0.6 is 0 Å². The molecule has 1 fully saturated rings. The van der Waals surface area contributed by atoms with Crippen molar-refractivity contribution in [3.8, 4) is 0 Å². The molecule has 4 nitrogen and oxygen atoms in total. The van der Waals surface area contributed by atoms with Crippen LogP contribution in [0.15, 0.2) is 60.7 Å². The second-order valence-electron chi connectivity index (χ2n) is 7.54. The van der Waals surface area contributed by atoms with Gasteiger partial charge in [0.05, 0.1) is 0 Å². The predicted octanol–water partition coefficient (Wildman–Crippen LogP) is 4.45. The first-order valence-corrected chi connectivity index (χ1v) is 9.90. The van der Waals surface area contributed by atoms with Gasteiger partial charge in [-0.15, -0.1) is 0 Å². The Bertz CT molecular complexity index is 846. The van der Waals surface area contributed by atoms with Crippen LogP contribution in [0.4, 0.5) is 5.82 Å². The zero-order valence-corrected chi connectivity index (χ0v) is 15.7. The molecule has 0 aliphatic carbocycles. The van der Waals surface area contributed by atoms with E-state index >= 15 is 0 Å². The Morgan fingerprint density at radius 3 is 2.56 bits per heavy atom. The van der Waals surface area contributed by atoms with Crippen molar-refractivity contribution >= 4 is 22.6 Å². The number of para-hydroxylation sites is 1. The largest absolute Gasteiger partial charge is 0.341 e. The molecule has 2 aromatic carbocycles. The lowest BCUT2D eigenvalue weighted by molar-refractivity contribution is -0.116. The molecule has 1 saturated heterocycles. The van der Waals surface area contributed by atoms with Crippen molar-refractivity contribution < 1.29 is 4.79 Å². The zero-order chi connectivity index (χ0) is 18.5. The molecule has 2 heterocycles. The van der Waals surface area contributed by atoms with Gasteiger partial charge in [0.25, 0.3) is 0 Å². The number of piperidine rings is 1. The molecule has 1 aliphatic rings. The molecule has 1 aliphatic heterocycles. The Hall–Kier alpha value is -2.59. The first kappa shape index (κ1) is 17.8. The average molecular weight is 361 g/mol. The molecule has 0 radical (unpaired) electrons. The third-order valence-electron chi connectivity index (χ3n) is 5.53. The molecule has 0 unspecified atom stereocenters. The normalized spacial score (nSPS) is 15.9. The lowest BCUT2D eigenvalue weighted by Gasteiger charge is -2.31. The van der Waals surface area contributed by atoms with E-state index in [4.69, 9.17) is 0 Å². The number of carbonyl (C=O) groups excluding carboxylic acids is 1. The molecule has 140 valence electrons. The lowest BCUT2D eigenvalue weighted by atomic mass is 9.90. The van der Waals surface area contributed by atoms with E-state index in [1.165, 1.54) is 24.8 Å². The quantitative estimate of drug-likeness (QED) is 0.681. The highest BCUT2D eigenvalue weighted by Gasteiger charge is 2.20. The van der Waals surface area contributed by atoms with E-state index in [0.717, 1.165) is 42.3 Å². The van der Waals surface area contributed by atoms with Crippen LogP contribution in [-0.2, 0) is 11.2 Å². The number of nitrogens with one attached hydrogen (secondary N) is 2. The van der Waals surface area contributed by atoms with Gasteiger partial charge in [-0.25, -0.2) is 0 Å². The number of H-pyrrole nitrogens is 1. The first-order valence-electron chi connectivity index (χ1n) is 9.90. The van der Waals surface area contributed by atoms with Gasteiger partial charge >= 0.3 is 0 Å². The van der Waals surface area contributed by atoms with E-state index in [1.54, 1.807) is 0 Å². The van der Waals surface area contributed by atoms with Gasteiger partial charge in [0, 0.05) is 23.9 Å². The number of amides is 1. The van der Waals surface area contributed by atoms with Crippen LogP contribution < -0.4 is 5.32 Å². The van der Waals surface area contributed by atoms with Gasteiger partial charge in [0.1, 0.15) is 5.82 Å². The molecule has 1 aromatic heterocycles. The Morgan fingerprint density at radius 1 is 1.04 bits per heavy atom. The highest BCUT2D eigenvalue weighted by atomic mass is 16.1. The van der Waals surface area contributed by atoms with Crippen molar-refractivity contribution in [1.29, 1.82) is 0 Å². The van der Waals surface area contributed by atoms with Crippen LogP contribution in [0.25, 0.3) is 10.9 Å². The molecule has 4 heteroatoms. The summed E-state index contributed by atoms with van der Waals surface area (Å²) in [5, 5.41) is 4.11. The number of anilines is 1. The first-order chi connectivity index (χ1) is 13.3. The van der Waals surface area contributed by atoms with Gasteiger partial charge < -0.3 is 15.2 Å². The maximum Gasteiger partial charge on any atom is 0.226 e. The van der Waals surface area contributed by atoms with Crippen LogP contribution in [0, 0.1) is 5.92 Å². The van der Waals surface area contributed by atoms with Crippen LogP contribution in [0.2, 0.25) is 0 Å². The number of hydrogen-bond donors (Lipinski definition) is 2. The van der Waals surface area contributed by atoms with Crippen LogP contribution in [-0.4, -0.2) is 35.4 Å². The lowest BCUT2D eigenvalue weighted by Crippen LogP contribution is -2.36. The fourth-order valence-corrected chi connectivity index (χ4v) is 3.97. The van der Waals surface area contributed by atoms with Gasteiger partial charge in [0.2, 0.25) is 5.91 Å². The summed E-state index contributed by atoms with van der Waals surface area (Å²) >= 11 is 0. The predicted molar refractivity (Wildman–Crippen MR) is 111 cm³/mol. The van der Waals surface area contributed by atoms with E-state index in [1.807, 2.05) is 30.3 Å². The summed E-state index contributed by atoms with van der Waals surface area (Å²) in [5.74, 6) is 1.62. The number of rotatable bonds is 6. The molecule has 1 amide bonds. The number of aromatic nitrogens is 1. The van der Waals surface area contributed by atoms with Crippen LogP contribution in [0.5, 0.6) is 0 Å². The van der Waals surface area contributed by atoms with Crippen molar-refractivity contribution in [2.45, 2.75) is 25.7 Å². The second-order valence-corrected chi connectivity index (χ2v) is 7.54. The summed E-state index contributed by atoms with van der Waals surface area (Å²) in [4.78, 5) is 18.0. The van der Waals surface area contributed by atoms with E-state index < -0.39 is 0 Å². The summed E-state index contributed by atoms with van der Waals surface area (Å²) in [6.07, 6.45) is 4.16. The van der Waals surface area contributed by atoms with Crippen molar-refractivity contribution in [3.63, 3.8) is 0 Å². The number of likely N-dealkylation sites (tertiary alicyclic amines) is 1. The molecule has 0 saturated carbocycles. The Labute approximate surface area is 160 Å². The topological polar surface area (TPSA) is 48.1 Å². The summed E-state index contributed by atoms with van der Waals surface area (Å²) in [5.41, 5.74) is 2.49. The van der Waals surface area contributed by atoms with Gasteiger partial charge in [-0.05, 0) is 56.0 Å². The molecule has 0 bridgehead atoms. The molecule has 27 heavy (non-hydrogen) atoms. The second kappa shape index (κ2) is 8.40. The molecular formula is C23H27N3O. The zero-order valence-electron chi connectivity index (χ0n) is 15.7. The highest BCUT2D eigenvalue weighted by Crippen LogP contribution is 2.22. The maximum absolute atomic E-state index is 12.3. The number of benzene rings is 2. The number of fused-ring (bicyclic) bond motifs is 1. The Balaban J connectivity index is 1.20. The van der Waals surface area contributed by atoms with Gasteiger partial charge in [-0.2, -0.15) is 0 Å². The number of hydrogen-bond acceptors (Lipinski definition) is 2. The van der Waals surface area contributed by atoms with Gasteiger partial charge in [0.15, 0.2) is 0 Å². The summed E-state index contributed by atoms with van der Waals surface area (Å²) in [6, 6.07) is 20.8. The summed E-state index contributed by atoms with van der Waals surface area (Å²) in [6.45, 7) is 3.03. The maximum atomic E-state index is 12.3. The molecule has 3 aromatic rings. The van der Waals surface area contributed by atoms with Crippen molar-refractivity contribution in [1.82, 2.24) is 9.88 Å². The molecule has 0 spiro atoms. The molecule has 0 atom stereocenters. The van der Waals surface area contributed by atoms with E-state index in [9.17, 15) is 4.79 Å². The standard InChI is InChI=1S/C23H27N3O/c27-23(25-22-17-20-8-4-5-9-21(20)24-22)12-15-26-13-10-19(11-14-26)16-18-6-2-1-3-7-18/h1-9,17,19,24H,10-16H2,(H,25,27). The summed E-state index contributed by atoms with van der Waals surface area (Å²) < 4.78 is 0. The monoisotopic (exact) mass is 361 g/mol. The number of carbonyl (C=O) groups is 1. The van der Waals surface area contributed by atoms with Crippen molar-refractivity contribution in [2.24, 2.45) is 5.92 Å². The smallest absolute Gasteiger partial charge is 0.226 e. The SMILES string of the molecule is O=C(CCN1CCC(Cc2ccccc2)CC1)Nc1cc2ccccc2[nH]1. The van der Waals surface area contributed by atoms with Gasteiger partial charge in [-0.3, -0.25) is 4.79 Å². The Kier molecular flexibility index (Phi) is 5.54. The van der Waals surface area contributed by atoms with Crippen molar-refractivity contribution in [3.05, 3.63) is 66.2 Å².